The lowest BCUT2D eigenvalue weighted by Crippen LogP contribution is -2.48. The van der Waals surface area contributed by atoms with E-state index in [1.165, 1.54) is 10.6 Å². The second kappa shape index (κ2) is 6.51. The zero-order valence-electron chi connectivity index (χ0n) is 12.0. The molecule has 0 radical (unpaired) electrons. The molecule has 1 aromatic heterocycles. The molecule has 0 unspecified atom stereocenters. The third-order valence-electron chi connectivity index (χ3n) is 3.43. The van der Waals surface area contributed by atoms with Crippen molar-refractivity contribution in [2.75, 3.05) is 43.9 Å². The molecule has 1 N–H and O–H groups in total. The molecule has 112 valence electrons. The minimum absolute atomic E-state index is 0.545. The molecule has 1 saturated heterocycles. The average molecular weight is 298 g/mol. The lowest BCUT2D eigenvalue weighted by Gasteiger charge is -2.34. The van der Waals surface area contributed by atoms with Crippen LogP contribution in [0.25, 0.3) is 0 Å². The summed E-state index contributed by atoms with van der Waals surface area (Å²) in [6.45, 7) is 6.27. The fourth-order valence-corrected chi connectivity index (χ4v) is 3.12. The third kappa shape index (κ3) is 3.91. The molecule has 1 aliphatic heterocycles. The van der Waals surface area contributed by atoms with Crippen LogP contribution in [0.3, 0.4) is 0 Å². The molecule has 0 bridgehead atoms. The Morgan fingerprint density at radius 3 is 2.60 bits per heavy atom. The number of aromatic nitrogens is 1. The van der Waals surface area contributed by atoms with Gasteiger partial charge in [-0.1, -0.05) is 6.92 Å². The summed E-state index contributed by atoms with van der Waals surface area (Å²) in [4.78, 5) is 6.54. The molecule has 0 aliphatic carbocycles. The van der Waals surface area contributed by atoms with Crippen molar-refractivity contribution in [2.45, 2.75) is 13.5 Å². The van der Waals surface area contributed by atoms with E-state index >= 15 is 0 Å². The number of piperazine rings is 1. The summed E-state index contributed by atoms with van der Waals surface area (Å²) >= 11 is 0. The highest BCUT2D eigenvalue weighted by atomic mass is 32.2. The molecular weight excluding hydrogens is 276 g/mol. The molecule has 1 aromatic rings. The predicted octanol–water partition coefficient (Wildman–Crippen LogP) is 0.273. The monoisotopic (exact) mass is 298 g/mol. The lowest BCUT2D eigenvalue weighted by molar-refractivity contribution is 0.388. The van der Waals surface area contributed by atoms with Gasteiger partial charge in [0.2, 0.25) is 10.0 Å². The summed E-state index contributed by atoms with van der Waals surface area (Å²) in [6.07, 6.45) is 3.08. The maximum Gasteiger partial charge on any atom is 0.211 e. The number of pyridine rings is 1. The molecule has 2 rings (SSSR count). The minimum Gasteiger partial charge on any atom is -0.369 e. The van der Waals surface area contributed by atoms with Gasteiger partial charge in [-0.15, -0.1) is 0 Å². The fraction of sp³-hybridized carbons (Fsp3) is 0.615. The molecule has 0 saturated carbocycles. The number of nitrogens with one attached hydrogen (secondary N) is 1. The Morgan fingerprint density at radius 2 is 2.00 bits per heavy atom. The van der Waals surface area contributed by atoms with Gasteiger partial charge < -0.3 is 10.2 Å². The van der Waals surface area contributed by atoms with E-state index in [2.05, 4.69) is 28.2 Å². The van der Waals surface area contributed by atoms with Crippen molar-refractivity contribution in [1.82, 2.24) is 14.6 Å². The van der Waals surface area contributed by atoms with Crippen molar-refractivity contribution < 1.29 is 8.42 Å². The normalized spacial score (nSPS) is 17.4. The zero-order valence-corrected chi connectivity index (χ0v) is 12.9. The average Bonchev–Trinajstić information content (AvgIpc) is 2.45. The topological polar surface area (TPSA) is 65.5 Å². The number of sulfonamides is 1. The Balaban J connectivity index is 2.00. The Morgan fingerprint density at radius 1 is 1.30 bits per heavy atom. The largest absolute Gasteiger partial charge is 0.369 e. The van der Waals surface area contributed by atoms with Gasteiger partial charge in [-0.05, 0) is 18.7 Å². The van der Waals surface area contributed by atoms with Gasteiger partial charge in [0.15, 0.2) is 0 Å². The van der Waals surface area contributed by atoms with Crippen molar-refractivity contribution in [3.63, 3.8) is 0 Å². The summed E-state index contributed by atoms with van der Waals surface area (Å²) in [7, 11) is -3.07. The SMILES string of the molecule is CCNCc1cc(N2CCN(S(C)(=O)=O)CC2)ccn1. The van der Waals surface area contributed by atoms with Crippen molar-refractivity contribution in [3.05, 3.63) is 24.0 Å². The van der Waals surface area contributed by atoms with Gasteiger partial charge in [-0.25, -0.2) is 8.42 Å². The lowest BCUT2D eigenvalue weighted by atomic mass is 10.2. The molecule has 0 aromatic carbocycles. The standard InChI is InChI=1S/C13H22N4O2S/c1-3-14-11-12-10-13(4-5-15-12)16-6-8-17(9-7-16)20(2,18)19/h4-5,10,14H,3,6-9,11H2,1-2H3. The second-order valence-electron chi connectivity index (χ2n) is 4.93. The fourth-order valence-electron chi connectivity index (χ4n) is 2.29. The number of nitrogens with zero attached hydrogens (tertiary/aromatic N) is 3. The molecule has 0 atom stereocenters. The van der Waals surface area contributed by atoms with Gasteiger partial charge in [0.25, 0.3) is 0 Å². The van der Waals surface area contributed by atoms with Crippen LogP contribution in [0.1, 0.15) is 12.6 Å². The van der Waals surface area contributed by atoms with Gasteiger partial charge in [-0.3, -0.25) is 4.98 Å². The summed E-state index contributed by atoms with van der Waals surface area (Å²) in [5, 5.41) is 3.25. The van der Waals surface area contributed by atoms with Crippen molar-refractivity contribution >= 4 is 15.7 Å². The number of hydrogen-bond acceptors (Lipinski definition) is 5. The zero-order chi connectivity index (χ0) is 14.6. The Bertz CT molecular complexity index is 539. The van der Waals surface area contributed by atoms with Gasteiger partial charge in [0.05, 0.1) is 11.9 Å². The van der Waals surface area contributed by atoms with Gasteiger partial charge in [-0.2, -0.15) is 4.31 Å². The first kappa shape index (κ1) is 15.2. The summed E-state index contributed by atoms with van der Waals surface area (Å²) in [5.74, 6) is 0. The molecule has 0 spiro atoms. The van der Waals surface area contributed by atoms with E-state index in [1.807, 2.05) is 12.3 Å². The summed E-state index contributed by atoms with van der Waals surface area (Å²) in [6, 6.07) is 4.05. The van der Waals surface area contributed by atoms with Crippen LogP contribution in [0, 0.1) is 0 Å². The highest BCUT2D eigenvalue weighted by Gasteiger charge is 2.23. The van der Waals surface area contributed by atoms with Crippen LogP contribution in [0.2, 0.25) is 0 Å². The van der Waals surface area contributed by atoms with E-state index in [9.17, 15) is 8.42 Å². The number of anilines is 1. The molecule has 7 heteroatoms. The smallest absolute Gasteiger partial charge is 0.211 e. The van der Waals surface area contributed by atoms with Crippen LogP contribution in [0.4, 0.5) is 5.69 Å². The van der Waals surface area contributed by atoms with E-state index in [-0.39, 0.29) is 0 Å². The molecule has 20 heavy (non-hydrogen) atoms. The van der Waals surface area contributed by atoms with E-state index in [4.69, 9.17) is 0 Å². The summed E-state index contributed by atoms with van der Waals surface area (Å²) < 4.78 is 24.5. The first-order valence-corrected chi connectivity index (χ1v) is 8.71. The van der Waals surface area contributed by atoms with Crippen LogP contribution < -0.4 is 10.2 Å². The quantitative estimate of drug-likeness (QED) is 0.845. The van der Waals surface area contributed by atoms with E-state index in [1.54, 1.807) is 0 Å². The van der Waals surface area contributed by atoms with Crippen molar-refractivity contribution in [1.29, 1.82) is 0 Å². The van der Waals surface area contributed by atoms with Crippen LogP contribution in [-0.2, 0) is 16.6 Å². The van der Waals surface area contributed by atoms with Gasteiger partial charge in [0.1, 0.15) is 0 Å². The maximum atomic E-state index is 11.5. The van der Waals surface area contributed by atoms with E-state index in [0.29, 0.717) is 13.1 Å². The molecule has 1 fully saturated rings. The highest BCUT2D eigenvalue weighted by molar-refractivity contribution is 7.88. The molecule has 6 nitrogen and oxygen atoms in total. The minimum atomic E-state index is -3.07. The maximum absolute atomic E-state index is 11.5. The van der Waals surface area contributed by atoms with Crippen LogP contribution in [-0.4, -0.2) is 56.7 Å². The van der Waals surface area contributed by atoms with E-state index < -0.39 is 10.0 Å². The van der Waals surface area contributed by atoms with Crippen LogP contribution >= 0.6 is 0 Å². The molecule has 0 amide bonds. The number of rotatable bonds is 5. The molecular formula is C13H22N4O2S. The predicted molar refractivity (Wildman–Crippen MR) is 80.2 cm³/mol. The van der Waals surface area contributed by atoms with Gasteiger partial charge >= 0.3 is 0 Å². The first-order chi connectivity index (χ1) is 9.50. The number of hydrogen-bond donors (Lipinski definition) is 1. The first-order valence-electron chi connectivity index (χ1n) is 6.86. The van der Waals surface area contributed by atoms with Crippen LogP contribution in [0.5, 0.6) is 0 Å². The Kier molecular flexibility index (Phi) is 4.95. The summed E-state index contributed by atoms with van der Waals surface area (Å²) in [5.41, 5.74) is 2.12. The van der Waals surface area contributed by atoms with Crippen molar-refractivity contribution in [3.8, 4) is 0 Å². The Labute approximate surface area is 120 Å². The third-order valence-corrected chi connectivity index (χ3v) is 4.73. The molecule has 1 aliphatic rings. The van der Waals surface area contributed by atoms with Crippen LogP contribution in [0.15, 0.2) is 18.3 Å². The van der Waals surface area contributed by atoms with Crippen molar-refractivity contribution in [2.24, 2.45) is 0 Å². The second-order valence-corrected chi connectivity index (χ2v) is 6.92. The molecule has 2 heterocycles. The Hall–Kier alpha value is -1.18. The highest BCUT2D eigenvalue weighted by Crippen LogP contribution is 2.17. The van der Waals surface area contributed by atoms with E-state index in [0.717, 1.165) is 37.6 Å². The van der Waals surface area contributed by atoms with Gasteiger partial charge in [0, 0.05) is 44.6 Å².